The highest BCUT2D eigenvalue weighted by atomic mass is 35.5. The van der Waals surface area contributed by atoms with Gasteiger partial charge >= 0.3 is 10.3 Å². The lowest BCUT2D eigenvalue weighted by Gasteiger charge is -2.38. The molecule has 0 radical (unpaired) electrons. The lowest BCUT2D eigenvalue weighted by Crippen LogP contribution is -2.41. The molecule has 1 aliphatic rings. The first-order valence-corrected chi connectivity index (χ1v) is 17.5. The molecule has 0 spiro atoms. The van der Waals surface area contributed by atoms with Gasteiger partial charge in [0.1, 0.15) is 12.1 Å². The van der Waals surface area contributed by atoms with Crippen molar-refractivity contribution in [1.82, 2.24) is 9.97 Å². The van der Waals surface area contributed by atoms with Crippen molar-refractivity contribution >= 4 is 53.2 Å². The van der Waals surface area contributed by atoms with Crippen molar-refractivity contribution in [3.8, 4) is 0 Å². The van der Waals surface area contributed by atoms with Crippen LogP contribution < -0.4 is 10.5 Å². The number of aliphatic hydroxyl groups is 1. The summed E-state index contributed by atoms with van der Waals surface area (Å²) in [7, 11) is -6.15. The van der Waals surface area contributed by atoms with E-state index in [1.807, 2.05) is 6.92 Å². The van der Waals surface area contributed by atoms with E-state index in [0.717, 1.165) is 5.56 Å². The van der Waals surface area contributed by atoms with Gasteiger partial charge in [-0.25, -0.2) is 15.1 Å². The van der Waals surface area contributed by atoms with Crippen LogP contribution in [0, 0.1) is 5.92 Å². The van der Waals surface area contributed by atoms with Crippen LogP contribution in [-0.2, 0) is 18.9 Å². The molecule has 4 atom stereocenters. The van der Waals surface area contributed by atoms with Crippen molar-refractivity contribution in [1.29, 1.82) is 0 Å². The highest BCUT2D eigenvalue weighted by Gasteiger charge is 2.39. The van der Waals surface area contributed by atoms with Crippen molar-refractivity contribution < 1.29 is 26.9 Å². The summed E-state index contributed by atoms with van der Waals surface area (Å²) in [5.41, 5.74) is 1.03. The number of carbonyl (C=O) groups is 1. The zero-order valence-electron chi connectivity index (χ0n) is 21.8. The number of nitrogens with one attached hydrogen (secondary N) is 1. The molecule has 0 aromatic carbocycles. The van der Waals surface area contributed by atoms with Gasteiger partial charge in [-0.15, -0.1) is 11.3 Å². The van der Waals surface area contributed by atoms with Gasteiger partial charge in [0.2, 0.25) is 5.78 Å². The maximum atomic E-state index is 13.5. The van der Waals surface area contributed by atoms with Gasteiger partial charge in [-0.1, -0.05) is 32.4 Å². The van der Waals surface area contributed by atoms with E-state index in [2.05, 4.69) is 53.3 Å². The van der Waals surface area contributed by atoms with Gasteiger partial charge < -0.3 is 14.8 Å². The molecule has 0 saturated heterocycles. The molecule has 4 N–H and O–H groups in total. The highest BCUT2D eigenvalue weighted by molar-refractivity contribution is 7.84. The molecule has 2 aromatic rings. The Kier molecular flexibility index (Phi) is 9.23. The molecular weight excluding hydrogens is 556 g/mol. The summed E-state index contributed by atoms with van der Waals surface area (Å²) in [6, 6.07) is 1.51. The molecule has 2 heterocycles. The van der Waals surface area contributed by atoms with Gasteiger partial charge in [-0.3, -0.25) is 8.98 Å². The minimum Gasteiger partial charge on any atom is -0.410 e. The highest BCUT2D eigenvalue weighted by Crippen LogP contribution is 2.42. The van der Waals surface area contributed by atoms with E-state index in [-0.39, 0.29) is 35.1 Å². The summed E-state index contributed by atoms with van der Waals surface area (Å²) in [5, 5.41) is 18.4. The van der Waals surface area contributed by atoms with E-state index in [1.54, 1.807) is 6.07 Å². The Balaban J connectivity index is 1.76. The van der Waals surface area contributed by atoms with Gasteiger partial charge in [-0.2, -0.15) is 8.42 Å². The number of halogens is 1. The van der Waals surface area contributed by atoms with Crippen LogP contribution >= 0.6 is 22.9 Å². The predicted molar refractivity (Wildman–Crippen MR) is 147 cm³/mol. The van der Waals surface area contributed by atoms with Crippen LogP contribution in [0.5, 0.6) is 0 Å². The zero-order valence-corrected chi connectivity index (χ0v) is 25.2. The van der Waals surface area contributed by atoms with E-state index < -0.39 is 30.6 Å². The zero-order chi connectivity index (χ0) is 27.8. The van der Waals surface area contributed by atoms with Crippen LogP contribution in [0.1, 0.15) is 67.4 Å². The quantitative estimate of drug-likeness (QED) is 0.272. The fourth-order valence-corrected chi connectivity index (χ4v) is 7.08. The normalized spacial score (nSPS) is 21.7. The number of aromatic nitrogens is 2. The average molecular weight is 591 g/mol. The van der Waals surface area contributed by atoms with Gasteiger partial charge in [0, 0.05) is 23.7 Å². The van der Waals surface area contributed by atoms with E-state index in [4.69, 9.17) is 21.2 Å². The predicted octanol–water partition coefficient (Wildman–Crippen LogP) is 4.28. The summed E-state index contributed by atoms with van der Waals surface area (Å²) in [6.07, 6.45) is 2.44. The van der Waals surface area contributed by atoms with Gasteiger partial charge in [0.15, 0.2) is 8.32 Å². The lowest BCUT2D eigenvalue weighted by molar-refractivity contribution is 0.101. The van der Waals surface area contributed by atoms with Crippen LogP contribution in [0.4, 0.5) is 5.82 Å². The molecule has 14 heteroatoms. The Bertz CT molecular complexity index is 1230. The van der Waals surface area contributed by atoms with E-state index >= 15 is 0 Å². The maximum absolute atomic E-state index is 13.5. The third-order valence-corrected chi connectivity index (χ3v) is 13.5. The average Bonchev–Trinajstić information content (AvgIpc) is 3.32. The molecule has 206 valence electrons. The minimum atomic E-state index is -4.10. The summed E-state index contributed by atoms with van der Waals surface area (Å²) < 4.78 is 33.8. The van der Waals surface area contributed by atoms with E-state index in [1.165, 1.54) is 23.9 Å². The summed E-state index contributed by atoms with van der Waals surface area (Å²) in [6.45, 7) is 12.6. The second-order valence-corrected chi connectivity index (χ2v) is 18.5. The number of rotatable bonds is 10. The number of hydrogen-bond acceptors (Lipinski definition) is 10. The Labute approximate surface area is 228 Å². The molecule has 2 aromatic heterocycles. The van der Waals surface area contributed by atoms with Crippen molar-refractivity contribution in [3.63, 3.8) is 0 Å². The van der Waals surface area contributed by atoms with E-state index in [9.17, 15) is 18.3 Å². The summed E-state index contributed by atoms with van der Waals surface area (Å²) >= 11 is 7.73. The van der Waals surface area contributed by atoms with Gasteiger partial charge in [0.25, 0.3) is 0 Å². The second kappa shape index (κ2) is 11.3. The van der Waals surface area contributed by atoms with Crippen molar-refractivity contribution in [3.05, 3.63) is 38.9 Å². The number of thiophene rings is 1. The topological polar surface area (TPSA) is 154 Å². The van der Waals surface area contributed by atoms with Crippen molar-refractivity contribution in [2.24, 2.45) is 11.1 Å². The molecule has 1 saturated carbocycles. The molecule has 37 heavy (non-hydrogen) atoms. The molecule has 0 aliphatic heterocycles. The number of aliphatic hydroxyl groups excluding tert-OH is 1. The number of anilines is 1. The molecule has 3 rings (SSSR count). The minimum absolute atomic E-state index is 0.0296. The fourth-order valence-electron chi connectivity index (χ4n) is 3.97. The molecule has 0 bridgehead atoms. The number of nitrogens with zero attached hydrogens (tertiary/aromatic N) is 2. The first-order valence-electron chi connectivity index (χ1n) is 11.9. The van der Waals surface area contributed by atoms with Crippen LogP contribution in [0.25, 0.3) is 0 Å². The first-order chi connectivity index (χ1) is 17.0. The molecular formula is C23H35ClN4O6S2Si. The fraction of sp³-hybridized carbons (Fsp3) is 0.609. The monoisotopic (exact) mass is 590 g/mol. The molecule has 1 unspecified atom stereocenters. The molecule has 1 fully saturated rings. The maximum Gasteiger partial charge on any atom is 0.333 e. The first kappa shape index (κ1) is 30.1. The van der Waals surface area contributed by atoms with Gasteiger partial charge in [-0.05, 0) is 44.0 Å². The lowest BCUT2D eigenvalue weighted by atomic mass is 10.1. The number of nitrogens with two attached hydrogens (primary N) is 1. The third-order valence-electron chi connectivity index (χ3n) is 7.05. The SMILES string of the molecule is CC(O[Si](C)(C)C(C)(C)C)c1cc(C(=O)c2cncnc2N[C@@H]2C[C@H](COS(N)(=O)=O)[C@@H](O)C2)sc1Cl. The number of carbonyl (C=O) groups excluding carboxylic acids is 1. The van der Waals surface area contributed by atoms with Crippen LogP contribution in [0.3, 0.4) is 0 Å². The molecule has 10 nitrogen and oxygen atoms in total. The Morgan fingerprint density at radius 3 is 2.68 bits per heavy atom. The Morgan fingerprint density at radius 2 is 2.05 bits per heavy atom. The van der Waals surface area contributed by atoms with Crippen LogP contribution in [0.15, 0.2) is 18.6 Å². The summed E-state index contributed by atoms with van der Waals surface area (Å²) in [4.78, 5) is 22.2. The standard InChI is InChI=1S/C23H35ClN4O6S2Si/c1-13(34-37(5,6)23(2,3)4)16-9-19(35-21(16)24)20(30)17-10-26-12-27-22(17)28-15-7-14(18(29)8-15)11-33-36(25,31)32/h9-10,12-15,18,29H,7-8,11H2,1-6H3,(H2,25,31,32)(H,26,27,28)/t13?,14-,15-,18+/m1/s1. The summed E-state index contributed by atoms with van der Waals surface area (Å²) in [5.74, 6) is -0.395. The van der Waals surface area contributed by atoms with Crippen molar-refractivity contribution in [2.45, 2.75) is 76.9 Å². The second-order valence-electron chi connectivity index (χ2n) is 10.9. The Hall–Kier alpha value is -1.45. The smallest absolute Gasteiger partial charge is 0.333 e. The molecule has 1 aliphatic carbocycles. The van der Waals surface area contributed by atoms with E-state index in [0.29, 0.717) is 27.9 Å². The van der Waals surface area contributed by atoms with Crippen molar-refractivity contribution in [2.75, 3.05) is 11.9 Å². The molecule has 0 amide bonds. The Morgan fingerprint density at radius 1 is 1.38 bits per heavy atom. The largest absolute Gasteiger partial charge is 0.410 e. The van der Waals surface area contributed by atoms with Crippen LogP contribution in [-0.4, -0.2) is 56.3 Å². The van der Waals surface area contributed by atoms with Gasteiger partial charge in [0.05, 0.1) is 33.6 Å². The number of ketones is 1. The third kappa shape index (κ3) is 7.57. The van der Waals surface area contributed by atoms with Crippen LogP contribution in [0.2, 0.25) is 22.5 Å². The number of hydrogen-bond donors (Lipinski definition) is 3.